The maximum absolute atomic E-state index is 12.5. The Morgan fingerprint density at radius 1 is 1.36 bits per heavy atom. The SMILES string of the molecule is COC(=O)Cc1csc(NC(=O)c2nc(N3CCCC3)ncc2Cl)n1. The van der Waals surface area contributed by atoms with E-state index in [4.69, 9.17) is 11.6 Å². The van der Waals surface area contributed by atoms with Crippen molar-refractivity contribution in [1.82, 2.24) is 15.0 Å². The van der Waals surface area contributed by atoms with E-state index in [1.165, 1.54) is 24.6 Å². The number of hydrogen-bond donors (Lipinski definition) is 1. The Morgan fingerprint density at radius 2 is 2.12 bits per heavy atom. The van der Waals surface area contributed by atoms with Gasteiger partial charge in [0.05, 0.1) is 30.4 Å². The first-order valence-electron chi connectivity index (χ1n) is 7.67. The summed E-state index contributed by atoms with van der Waals surface area (Å²) in [6.07, 6.45) is 3.64. The van der Waals surface area contributed by atoms with E-state index >= 15 is 0 Å². The van der Waals surface area contributed by atoms with E-state index < -0.39 is 11.9 Å². The van der Waals surface area contributed by atoms with Crippen molar-refractivity contribution in [2.24, 2.45) is 0 Å². The summed E-state index contributed by atoms with van der Waals surface area (Å²) in [5.74, 6) is -0.360. The summed E-state index contributed by atoms with van der Waals surface area (Å²) in [5.41, 5.74) is 0.627. The molecule has 1 fully saturated rings. The average Bonchev–Trinajstić information content (AvgIpc) is 3.27. The van der Waals surface area contributed by atoms with Crippen molar-refractivity contribution in [2.45, 2.75) is 19.3 Å². The van der Waals surface area contributed by atoms with Crippen molar-refractivity contribution in [1.29, 1.82) is 0 Å². The molecule has 0 unspecified atom stereocenters. The van der Waals surface area contributed by atoms with E-state index in [0.717, 1.165) is 25.9 Å². The third kappa shape index (κ3) is 4.23. The molecular weight excluding hydrogens is 366 g/mol. The first-order chi connectivity index (χ1) is 12.1. The molecule has 1 amide bonds. The molecule has 10 heteroatoms. The number of ether oxygens (including phenoxy) is 1. The summed E-state index contributed by atoms with van der Waals surface area (Å²) in [7, 11) is 1.31. The van der Waals surface area contributed by atoms with E-state index in [9.17, 15) is 9.59 Å². The van der Waals surface area contributed by atoms with Gasteiger partial charge < -0.3 is 9.64 Å². The number of carbonyl (C=O) groups excluding carboxylic acids is 2. The van der Waals surface area contributed by atoms with E-state index in [1.807, 2.05) is 4.90 Å². The molecule has 3 rings (SSSR count). The minimum Gasteiger partial charge on any atom is -0.469 e. The number of methoxy groups -OCH3 is 1. The summed E-state index contributed by atoms with van der Waals surface area (Å²) >= 11 is 7.29. The van der Waals surface area contributed by atoms with Gasteiger partial charge in [-0.05, 0) is 12.8 Å². The summed E-state index contributed by atoms with van der Waals surface area (Å²) < 4.78 is 4.59. The Hall–Kier alpha value is -2.26. The van der Waals surface area contributed by atoms with Crippen LogP contribution < -0.4 is 10.2 Å². The van der Waals surface area contributed by atoms with Crippen molar-refractivity contribution in [2.75, 3.05) is 30.4 Å². The third-order valence-corrected chi connectivity index (χ3v) is 4.74. The molecule has 0 aliphatic carbocycles. The predicted molar refractivity (Wildman–Crippen MR) is 94.3 cm³/mol. The molecule has 1 N–H and O–H groups in total. The molecule has 0 aromatic carbocycles. The first kappa shape index (κ1) is 17.6. The van der Waals surface area contributed by atoms with Crippen LogP contribution in [0, 0.1) is 0 Å². The summed E-state index contributed by atoms with van der Waals surface area (Å²) in [6, 6.07) is 0. The van der Waals surface area contributed by atoms with Gasteiger partial charge in [0.2, 0.25) is 5.95 Å². The normalized spacial score (nSPS) is 13.8. The number of nitrogens with zero attached hydrogens (tertiary/aromatic N) is 4. The highest BCUT2D eigenvalue weighted by molar-refractivity contribution is 7.14. The number of amides is 1. The number of hydrogen-bond acceptors (Lipinski definition) is 8. The second-order valence-corrected chi connectivity index (χ2v) is 6.68. The second-order valence-electron chi connectivity index (χ2n) is 5.41. The number of rotatable bonds is 5. The van der Waals surface area contributed by atoms with Gasteiger partial charge in [0.25, 0.3) is 5.91 Å². The van der Waals surface area contributed by atoms with Gasteiger partial charge in [0.1, 0.15) is 0 Å². The van der Waals surface area contributed by atoms with E-state index in [-0.39, 0.29) is 17.1 Å². The second kappa shape index (κ2) is 7.75. The van der Waals surface area contributed by atoms with Gasteiger partial charge >= 0.3 is 5.97 Å². The lowest BCUT2D eigenvalue weighted by atomic mass is 10.3. The molecule has 0 radical (unpaired) electrons. The Bertz CT molecular complexity index is 791. The van der Waals surface area contributed by atoms with E-state index in [2.05, 4.69) is 25.0 Å². The van der Waals surface area contributed by atoms with Crippen LogP contribution in [0.4, 0.5) is 11.1 Å². The van der Waals surface area contributed by atoms with Gasteiger partial charge in [0, 0.05) is 18.5 Å². The molecular formula is C15H16ClN5O3S. The Labute approximate surface area is 153 Å². The van der Waals surface area contributed by atoms with Crippen molar-refractivity contribution in [3.8, 4) is 0 Å². The van der Waals surface area contributed by atoms with Gasteiger partial charge in [-0.1, -0.05) is 11.6 Å². The number of nitrogens with one attached hydrogen (secondary N) is 1. The van der Waals surface area contributed by atoms with Gasteiger partial charge in [0.15, 0.2) is 10.8 Å². The minimum absolute atomic E-state index is 0.0518. The van der Waals surface area contributed by atoms with Crippen LogP contribution in [0.25, 0.3) is 0 Å². The largest absolute Gasteiger partial charge is 0.469 e. The third-order valence-electron chi connectivity index (χ3n) is 3.66. The predicted octanol–water partition coefficient (Wildman–Crippen LogP) is 2.15. The number of halogens is 1. The van der Waals surface area contributed by atoms with Gasteiger partial charge in [-0.15, -0.1) is 11.3 Å². The molecule has 1 aliphatic heterocycles. The van der Waals surface area contributed by atoms with E-state index in [0.29, 0.717) is 16.8 Å². The molecule has 1 aliphatic rings. The molecule has 3 heterocycles. The van der Waals surface area contributed by atoms with Crippen LogP contribution >= 0.6 is 22.9 Å². The quantitative estimate of drug-likeness (QED) is 0.792. The molecule has 0 saturated carbocycles. The molecule has 132 valence electrons. The fourth-order valence-corrected chi connectivity index (χ4v) is 3.29. The fraction of sp³-hybridized carbons (Fsp3) is 0.400. The van der Waals surface area contributed by atoms with Crippen LogP contribution in [0.3, 0.4) is 0 Å². The Kier molecular flexibility index (Phi) is 5.44. The molecule has 2 aromatic rings. The van der Waals surface area contributed by atoms with Crippen molar-refractivity contribution in [3.63, 3.8) is 0 Å². The summed E-state index contributed by atoms with van der Waals surface area (Å²) in [5, 5.41) is 4.87. The molecule has 2 aromatic heterocycles. The number of thiazole rings is 1. The highest BCUT2D eigenvalue weighted by atomic mass is 35.5. The number of esters is 1. The zero-order valence-corrected chi connectivity index (χ0v) is 15.1. The molecule has 0 spiro atoms. The number of carbonyl (C=O) groups is 2. The fourth-order valence-electron chi connectivity index (χ4n) is 2.41. The van der Waals surface area contributed by atoms with Gasteiger partial charge in [-0.3, -0.25) is 14.9 Å². The van der Waals surface area contributed by atoms with Crippen LogP contribution in [-0.2, 0) is 16.0 Å². The monoisotopic (exact) mass is 381 g/mol. The van der Waals surface area contributed by atoms with Crippen molar-refractivity contribution >= 4 is 45.9 Å². The lowest BCUT2D eigenvalue weighted by Crippen LogP contribution is -2.23. The highest BCUT2D eigenvalue weighted by Crippen LogP contribution is 2.22. The van der Waals surface area contributed by atoms with Crippen molar-refractivity contribution < 1.29 is 14.3 Å². The first-order valence-corrected chi connectivity index (χ1v) is 8.92. The van der Waals surface area contributed by atoms with Crippen LogP contribution in [0.1, 0.15) is 29.0 Å². The average molecular weight is 382 g/mol. The minimum atomic E-state index is -0.466. The summed E-state index contributed by atoms with van der Waals surface area (Å²) in [4.78, 5) is 38.4. The van der Waals surface area contributed by atoms with E-state index in [1.54, 1.807) is 5.38 Å². The maximum atomic E-state index is 12.5. The Morgan fingerprint density at radius 3 is 2.84 bits per heavy atom. The summed E-state index contributed by atoms with van der Waals surface area (Å²) in [6.45, 7) is 1.73. The zero-order chi connectivity index (χ0) is 17.8. The van der Waals surface area contributed by atoms with Crippen LogP contribution in [0.5, 0.6) is 0 Å². The maximum Gasteiger partial charge on any atom is 0.311 e. The standard InChI is InChI=1S/C15H16ClN5O3S/c1-24-11(22)6-9-8-25-15(18-9)20-13(23)12-10(16)7-17-14(19-12)21-4-2-3-5-21/h7-8H,2-6H2,1H3,(H,18,20,23). The van der Waals surface area contributed by atoms with Crippen LogP contribution in [0.2, 0.25) is 5.02 Å². The molecule has 0 bridgehead atoms. The molecule has 8 nitrogen and oxygen atoms in total. The topological polar surface area (TPSA) is 97.3 Å². The molecule has 1 saturated heterocycles. The van der Waals surface area contributed by atoms with Crippen molar-refractivity contribution in [3.05, 3.63) is 28.0 Å². The lowest BCUT2D eigenvalue weighted by Gasteiger charge is -2.15. The number of anilines is 2. The van der Waals surface area contributed by atoms with Gasteiger partial charge in [-0.25, -0.2) is 15.0 Å². The number of aromatic nitrogens is 3. The van der Waals surface area contributed by atoms with Gasteiger partial charge in [-0.2, -0.15) is 0 Å². The smallest absolute Gasteiger partial charge is 0.311 e. The highest BCUT2D eigenvalue weighted by Gasteiger charge is 2.20. The zero-order valence-electron chi connectivity index (χ0n) is 13.5. The van der Waals surface area contributed by atoms with Crippen LogP contribution in [0.15, 0.2) is 11.6 Å². The lowest BCUT2D eigenvalue weighted by molar-refractivity contribution is -0.139. The molecule has 0 atom stereocenters. The Balaban J connectivity index is 1.72. The van der Waals surface area contributed by atoms with Crippen LogP contribution in [-0.4, -0.2) is 47.0 Å². The molecule has 25 heavy (non-hydrogen) atoms.